The number of hydrogen-bond acceptors (Lipinski definition) is 7. The maximum Gasteiger partial charge on any atom is 0.297 e. The first kappa shape index (κ1) is 22.7. The molecule has 2 heterocycles. The number of hydrogen-bond donors (Lipinski definition) is 0. The number of nitrogens with zero attached hydrogens (tertiary/aromatic N) is 3. The van der Waals surface area contributed by atoms with Crippen molar-refractivity contribution < 1.29 is 23.5 Å². The van der Waals surface area contributed by atoms with Crippen molar-refractivity contribution in [3.8, 4) is 5.75 Å². The molecule has 33 heavy (non-hydrogen) atoms. The molecule has 7 nitrogen and oxygen atoms in total. The zero-order valence-corrected chi connectivity index (χ0v) is 19.0. The van der Waals surface area contributed by atoms with Crippen molar-refractivity contribution in [1.82, 2.24) is 10.2 Å². The van der Waals surface area contributed by atoms with E-state index < -0.39 is 35.3 Å². The summed E-state index contributed by atoms with van der Waals surface area (Å²) in [6, 6.07) is 11.0. The number of amides is 1. The zero-order chi connectivity index (χ0) is 23.5. The Bertz CT molecular complexity index is 1180. The Labute approximate surface area is 194 Å². The summed E-state index contributed by atoms with van der Waals surface area (Å²) in [6.45, 7) is 4.36. The Kier molecular flexibility index (Phi) is 6.60. The van der Waals surface area contributed by atoms with E-state index in [0.717, 1.165) is 24.2 Å². The quantitative estimate of drug-likeness (QED) is 0.212. The number of carbonyl (C=O) groups is 3. The van der Waals surface area contributed by atoms with E-state index in [0.29, 0.717) is 22.9 Å². The Morgan fingerprint density at radius 2 is 1.79 bits per heavy atom. The number of rotatable bonds is 8. The number of ketones is 2. The fourth-order valence-electron chi connectivity index (χ4n) is 3.75. The van der Waals surface area contributed by atoms with Gasteiger partial charge in [-0.1, -0.05) is 36.8 Å². The second-order valence-corrected chi connectivity index (χ2v) is 8.87. The standard InChI is InChI=1S/C24H22FN3O4S/c1-3-4-13-32-18-11-7-16(8-12-18)21(29)19-20(15-5-9-17(25)10-6-15)28(23(31)22(19)30)24-27-26-14(2)33-24/h5-12,19-20H,3-4,13H2,1-2H3. The summed E-state index contributed by atoms with van der Waals surface area (Å²) in [7, 11) is 0. The summed E-state index contributed by atoms with van der Waals surface area (Å²) in [5.74, 6) is -3.29. The van der Waals surface area contributed by atoms with Crippen LogP contribution < -0.4 is 9.64 Å². The first-order valence-corrected chi connectivity index (χ1v) is 11.4. The maximum atomic E-state index is 13.6. The van der Waals surface area contributed by atoms with Crippen molar-refractivity contribution >= 4 is 33.9 Å². The lowest BCUT2D eigenvalue weighted by Gasteiger charge is -2.24. The molecule has 0 aliphatic carbocycles. The number of anilines is 1. The van der Waals surface area contributed by atoms with Gasteiger partial charge in [0, 0.05) is 5.56 Å². The average Bonchev–Trinajstić information content (AvgIpc) is 3.35. The molecule has 1 aliphatic rings. The van der Waals surface area contributed by atoms with Gasteiger partial charge in [-0.3, -0.25) is 19.3 Å². The van der Waals surface area contributed by atoms with Gasteiger partial charge in [-0.05, 0) is 55.3 Å². The molecule has 0 N–H and O–H groups in total. The Morgan fingerprint density at radius 3 is 2.39 bits per heavy atom. The number of benzene rings is 2. The largest absolute Gasteiger partial charge is 0.494 e. The molecule has 1 aromatic heterocycles. The van der Waals surface area contributed by atoms with Crippen LogP contribution in [0, 0.1) is 18.7 Å². The summed E-state index contributed by atoms with van der Waals surface area (Å²) in [5, 5.41) is 8.77. The third kappa shape index (κ3) is 4.54. The fourth-order valence-corrected chi connectivity index (χ4v) is 4.48. The number of ether oxygens (including phenoxy) is 1. The van der Waals surface area contributed by atoms with Crippen molar-refractivity contribution in [2.24, 2.45) is 5.92 Å². The van der Waals surface area contributed by atoms with Crippen LogP contribution in [0.5, 0.6) is 5.75 Å². The summed E-state index contributed by atoms with van der Waals surface area (Å²) in [6.07, 6.45) is 1.92. The molecule has 1 aliphatic heterocycles. The smallest absolute Gasteiger partial charge is 0.297 e. The third-order valence-corrected chi connectivity index (χ3v) is 6.26. The van der Waals surface area contributed by atoms with Gasteiger partial charge in [0.15, 0.2) is 5.78 Å². The molecule has 0 radical (unpaired) electrons. The molecule has 1 saturated heterocycles. The third-order valence-electron chi connectivity index (χ3n) is 5.43. The maximum absolute atomic E-state index is 13.6. The predicted molar refractivity (Wildman–Crippen MR) is 121 cm³/mol. The van der Waals surface area contributed by atoms with Crippen LogP contribution in [0.15, 0.2) is 48.5 Å². The molecule has 0 saturated carbocycles. The summed E-state index contributed by atoms with van der Waals surface area (Å²) in [4.78, 5) is 40.7. The van der Waals surface area contributed by atoms with Crippen molar-refractivity contribution in [3.05, 3.63) is 70.5 Å². The molecule has 1 fully saturated rings. The van der Waals surface area contributed by atoms with Crippen LogP contribution in [0.1, 0.15) is 46.7 Å². The molecule has 3 aromatic rings. The molecule has 0 spiro atoms. The van der Waals surface area contributed by atoms with Gasteiger partial charge in [-0.25, -0.2) is 4.39 Å². The molecule has 0 bridgehead atoms. The SMILES string of the molecule is CCCCOc1ccc(C(=O)C2C(=O)C(=O)N(c3nnc(C)s3)C2c2ccc(F)cc2)cc1. The second kappa shape index (κ2) is 9.58. The van der Waals surface area contributed by atoms with Gasteiger partial charge >= 0.3 is 0 Å². The number of carbonyl (C=O) groups excluding carboxylic acids is 3. The number of unbranched alkanes of at least 4 members (excludes halogenated alkanes) is 1. The van der Waals surface area contributed by atoms with Crippen LogP contribution in [-0.4, -0.2) is 34.3 Å². The minimum Gasteiger partial charge on any atom is -0.494 e. The first-order valence-electron chi connectivity index (χ1n) is 10.6. The van der Waals surface area contributed by atoms with E-state index in [1.807, 2.05) is 0 Å². The second-order valence-electron chi connectivity index (χ2n) is 7.71. The summed E-state index contributed by atoms with van der Waals surface area (Å²) >= 11 is 1.14. The van der Waals surface area contributed by atoms with Gasteiger partial charge < -0.3 is 4.74 Å². The number of Topliss-reactive ketones (excluding diaryl/α,β-unsaturated/α-hetero) is 2. The fraction of sp³-hybridized carbons (Fsp3) is 0.292. The Balaban J connectivity index is 1.70. The molecular weight excluding hydrogens is 445 g/mol. The van der Waals surface area contributed by atoms with E-state index >= 15 is 0 Å². The number of halogens is 1. The molecule has 2 unspecified atom stereocenters. The molecule has 2 atom stereocenters. The highest BCUT2D eigenvalue weighted by Crippen LogP contribution is 2.42. The molecule has 170 valence electrons. The molecule has 4 rings (SSSR count). The van der Waals surface area contributed by atoms with Crippen LogP contribution in [0.2, 0.25) is 0 Å². The van der Waals surface area contributed by atoms with E-state index in [1.54, 1.807) is 31.2 Å². The lowest BCUT2D eigenvalue weighted by molar-refractivity contribution is -0.135. The summed E-state index contributed by atoms with van der Waals surface area (Å²) in [5.41, 5.74) is 0.743. The number of aromatic nitrogens is 2. The van der Waals surface area contributed by atoms with Crippen LogP contribution in [0.4, 0.5) is 9.52 Å². The number of aryl methyl sites for hydroxylation is 1. The highest BCUT2D eigenvalue weighted by Gasteiger charge is 2.53. The normalized spacial score (nSPS) is 18.1. The van der Waals surface area contributed by atoms with Gasteiger partial charge in [-0.2, -0.15) is 0 Å². The van der Waals surface area contributed by atoms with Gasteiger partial charge in [0.2, 0.25) is 10.9 Å². The molecule has 9 heteroatoms. The highest BCUT2D eigenvalue weighted by atomic mass is 32.1. The van der Waals surface area contributed by atoms with E-state index in [1.165, 1.54) is 29.2 Å². The van der Waals surface area contributed by atoms with Crippen molar-refractivity contribution in [2.45, 2.75) is 32.7 Å². The van der Waals surface area contributed by atoms with E-state index in [-0.39, 0.29) is 10.7 Å². The summed E-state index contributed by atoms with van der Waals surface area (Å²) < 4.78 is 19.2. The molecular formula is C24H22FN3O4S. The van der Waals surface area contributed by atoms with Gasteiger partial charge in [0.05, 0.1) is 12.6 Å². The first-order chi connectivity index (χ1) is 15.9. The van der Waals surface area contributed by atoms with Gasteiger partial charge in [0.25, 0.3) is 5.91 Å². The average molecular weight is 468 g/mol. The Morgan fingerprint density at radius 1 is 1.09 bits per heavy atom. The topological polar surface area (TPSA) is 89.5 Å². The van der Waals surface area contributed by atoms with Gasteiger partial charge in [0.1, 0.15) is 22.5 Å². The van der Waals surface area contributed by atoms with Crippen molar-refractivity contribution in [3.63, 3.8) is 0 Å². The zero-order valence-electron chi connectivity index (χ0n) is 18.2. The van der Waals surface area contributed by atoms with Crippen LogP contribution in [0.25, 0.3) is 0 Å². The molecule has 1 amide bonds. The van der Waals surface area contributed by atoms with Crippen LogP contribution >= 0.6 is 11.3 Å². The van der Waals surface area contributed by atoms with Crippen LogP contribution in [-0.2, 0) is 9.59 Å². The minimum absolute atomic E-state index is 0.218. The molecule has 2 aromatic carbocycles. The van der Waals surface area contributed by atoms with Gasteiger partial charge in [-0.15, -0.1) is 10.2 Å². The van der Waals surface area contributed by atoms with Crippen LogP contribution in [0.3, 0.4) is 0 Å². The van der Waals surface area contributed by atoms with Crippen molar-refractivity contribution in [1.29, 1.82) is 0 Å². The highest BCUT2D eigenvalue weighted by molar-refractivity contribution is 7.15. The lowest BCUT2D eigenvalue weighted by atomic mass is 9.86. The van der Waals surface area contributed by atoms with E-state index in [4.69, 9.17) is 4.74 Å². The monoisotopic (exact) mass is 467 g/mol. The lowest BCUT2D eigenvalue weighted by Crippen LogP contribution is -2.30. The van der Waals surface area contributed by atoms with E-state index in [9.17, 15) is 18.8 Å². The predicted octanol–water partition coefficient (Wildman–Crippen LogP) is 4.32. The minimum atomic E-state index is -1.29. The van der Waals surface area contributed by atoms with Crippen molar-refractivity contribution in [2.75, 3.05) is 11.5 Å². The Hall–Kier alpha value is -3.46. The van der Waals surface area contributed by atoms with E-state index in [2.05, 4.69) is 17.1 Å².